The Balaban J connectivity index is 1.78. The number of ether oxygens (including phenoxy) is 3. The Morgan fingerprint density at radius 1 is 1.06 bits per heavy atom. The number of hydrogen-bond donors (Lipinski definition) is 1. The van der Waals surface area contributed by atoms with Crippen LogP contribution in [0.4, 0.5) is 18.9 Å². The van der Waals surface area contributed by atoms with Crippen molar-refractivity contribution < 1.29 is 32.2 Å². The fourth-order valence-corrected chi connectivity index (χ4v) is 3.46. The molecule has 1 N–H and O–H groups in total. The number of methoxy groups -OCH3 is 2. The molecular weight excluding hydrogens is 451 g/mol. The number of halogens is 3. The fourth-order valence-electron chi connectivity index (χ4n) is 3.46. The molecule has 0 unspecified atom stereocenters. The van der Waals surface area contributed by atoms with Gasteiger partial charge in [0.05, 0.1) is 37.1 Å². The van der Waals surface area contributed by atoms with E-state index >= 15 is 0 Å². The predicted molar refractivity (Wildman–Crippen MR) is 121 cm³/mol. The Kier molecular flexibility index (Phi) is 7.83. The molecule has 0 saturated heterocycles. The number of aryl methyl sites for hydroxylation is 1. The molecule has 10 heteroatoms. The number of nitrogens with one attached hydrogen (secondary N) is 1. The lowest BCUT2D eigenvalue weighted by Gasteiger charge is -2.13. The number of amides is 1. The van der Waals surface area contributed by atoms with Gasteiger partial charge in [0.25, 0.3) is 0 Å². The second-order valence-electron chi connectivity index (χ2n) is 7.54. The zero-order valence-electron chi connectivity index (χ0n) is 19.3. The van der Waals surface area contributed by atoms with Gasteiger partial charge in [0.2, 0.25) is 5.91 Å². The summed E-state index contributed by atoms with van der Waals surface area (Å²) in [6.45, 7) is 4.15. The van der Waals surface area contributed by atoms with Gasteiger partial charge in [0.1, 0.15) is 6.61 Å². The number of carbonyl (C=O) groups excluding carboxylic acids is 1. The highest BCUT2D eigenvalue weighted by atomic mass is 19.4. The number of aromatic nitrogens is 2. The third kappa shape index (κ3) is 5.88. The summed E-state index contributed by atoms with van der Waals surface area (Å²) in [5.41, 5.74) is 1.81. The molecule has 182 valence electrons. The molecule has 0 bridgehead atoms. The van der Waals surface area contributed by atoms with Crippen LogP contribution in [-0.2, 0) is 22.1 Å². The molecule has 0 saturated carbocycles. The molecular formula is C24H26F3N3O4. The lowest BCUT2D eigenvalue weighted by Crippen LogP contribution is -2.15. The molecule has 7 nitrogen and oxygen atoms in total. The Labute approximate surface area is 195 Å². The van der Waals surface area contributed by atoms with Gasteiger partial charge in [-0.25, -0.2) is 4.68 Å². The lowest BCUT2D eigenvalue weighted by atomic mass is 10.1. The largest absolute Gasteiger partial charge is 0.493 e. The van der Waals surface area contributed by atoms with Crippen LogP contribution < -0.4 is 14.8 Å². The summed E-state index contributed by atoms with van der Waals surface area (Å²) in [7, 11) is 3.08. The van der Waals surface area contributed by atoms with Gasteiger partial charge in [-0.15, -0.1) is 0 Å². The fraction of sp³-hybridized carbons (Fsp3) is 0.333. The summed E-state index contributed by atoms with van der Waals surface area (Å²) < 4.78 is 56.6. The summed E-state index contributed by atoms with van der Waals surface area (Å²) >= 11 is 0. The molecule has 34 heavy (non-hydrogen) atoms. The maximum Gasteiger partial charge on any atom is 0.416 e. The first-order chi connectivity index (χ1) is 16.1. The predicted octanol–water partition coefficient (Wildman–Crippen LogP) is 4.72. The van der Waals surface area contributed by atoms with E-state index in [1.54, 1.807) is 45.2 Å². The number of carbonyl (C=O) groups is 1. The van der Waals surface area contributed by atoms with E-state index in [0.717, 1.165) is 12.1 Å². The lowest BCUT2D eigenvalue weighted by molar-refractivity contribution is -0.137. The van der Waals surface area contributed by atoms with Gasteiger partial charge in [-0.05, 0) is 44.2 Å². The minimum absolute atomic E-state index is 0.00250. The third-order valence-corrected chi connectivity index (χ3v) is 5.19. The standard InChI is InChI=1S/C24H26F3N3O4/c1-15-20(16(2)30(29-15)19-7-5-6-17(12-19)24(25,26)27)14-23(31)28-18-8-9-21(33-4)22(13-18)34-11-10-32-3/h5-9,12-13H,10-11,14H2,1-4H3,(H,28,31). The van der Waals surface area contributed by atoms with Crippen molar-refractivity contribution in [3.05, 3.63) is 65.0 Å². The van der Waals surface area contributed by atoms with Gasteiger partial charge in [-0.1, -0.05) is 6.07 Å². The SMILES string of the molecule is COCCOc1cc(NC(=O)Cc2c(C)nn(-c3cccc(C(F)(F)F)c3)c2C)ccc1OC. The number of anilines is 1. The van der Waals surface area contributed by atoms with Crippen molar-refractivity contribution in [3.8, 4) is 17.2 Å². The first kappa shape index (κ1) is 25.1. The van der Waals surface area contributed by atoms with Gasteiger partial charge >= 0.3 is 6.18 Å². The Bertz CT molecular complexity index is 1160. The molecule has 0 radical (unpaired) electrons. The van der Waals surface area contributed by atoms with E-state index < -0.39 is 11.7 Å². The Hall–Kier alpha value is -3.53. The smallest absolute Gasteiger partial charge is 0.416 e. The van der Waals surface area contributed by atoms with Crippen molar-refractivity contribution in [1.29, 1.82) is 0 Å². The molecule has 1 aromatic heterocycles. The van der Waals surface area contributed by atoms with Crippen molar-refractivity contribution >= 4 is 11.6 Å². The number of hydrogen-bond acceptors (Lipinski definition) is 5. The third-order valence-electron chi connectivity index (χ3n) is 5.19. The monoisotopic (exact) mass is 477 g/mol. The average Bonchev–Trinajstić information content (AvgIpc) is 3.07. The van der Waals surface area contributed by atoms with Crippen LogP contribution in [0, 0.1) is 13.8 Å². The van der Waals surface area contributed by atoms with Crippen LogP contribution in [0.25, 0.3) is 5.69 Å². The zero-order chi connectivity index (χ0) is 24.9. The van der Waals surface area contributed by atoms with Crippen molar-refractivity contribution in [2.24, 2.45) is 0 Å². The molecule has 0 aliphatic carbocycles. The number of nitrogens with zero attached hydrogens (tertiary/aromatic N) is 2. The second kappa shape index (κ2) is 10.6. The second-order valence-corrected chi connectivity index (χ2v) is 7.54. The van der Waals surface area contributed by atoms with Crippen LogP contribution in [0.2, 0.25) is 0 Å². The van der Waals surface area contributed by atoms with Gasteiger partial charge in [-0.3, -0.25) is 4.79 Å². The van der Waals surface area contributed by atoms with Crippen molar-refractivity contribution in [2.45, 2.75) is 26.4 Å². The van der Waals surface area contributed by atoms with Crippen LogP contribution in [0.1, 0.15) is 22.5 Å². The summed E-state index contributed by atoms with van der Waals surface area (Å²) in [5, 5.41) is 7.18. The van der Waals surface area contributed by atoms with E-state index in [-0.39, 0.29) is 18.0 Å². The van der Waals surface area contributed by atoms with Crippen LogP contribution in [0.3, 0.4) is 0 Å². The molecule has 0 aliphatic heterocycles. The van der Waals surface area contributed by atoms with Gasteiger partial charge in [-0.2, -0.15) is 18.3 Å². The van der Waals surface area contributed by atoms with Gasteiger partial charge in [0.15, 0.2) is 11.5 Å². The van der Waals surface area contributed by atoms with Gasteiger partial charge < -0.3 is 19.5 Å². The first-order valence-corrected chi connectivity index (χ1v) is 10.5. The summed E-state index contributed by atoms with van der Waals surface area (Å²) in [6, 6.07) is 9.93. The van der Waals surface area contributed by atoms with E-state index in [2.05, 4.69) is 10.4 Å². The average molecular weight is 477 g/mol. The number of alkyl halides is 3. The molecule has 0 fully saturated rings. The van der Waals surface area contributed by atoms with Crippen LogP contribution in [0.5, 0.6) is 11.5 Å². The molecule has 3 aromatic rings. The number of benzene rings is 2. The van der Waals surface area contributed by atoms with E-state index in [9.17, 15) is 18.0 Å². The van der Waals surface area contributed by atoms with Crippen LogP contribution in [0.15, 0.2) is 42.5 Å². The zero-order valence-corrected chi connectivity index (χ0v) is 19.3. The van der Waals surface area contributed by atoms with Crippen molar-refractivity contribution in [1.82, 2.24) is 9.78 Å². The quantitative estimate of drug-likeness (QED) is 0.452. The van der Waals surface area contributed by atoms with Crippen molar-refractivity contribution in [3.63, 3.8) is 0 Å². The molecule has 0 aliphatic rings. The maximum absolute atomic E-state index is 13.1. The van der Waals surface area contributed by atoms with Gasteiger partial charge in [0, 0.05) is 30.1 Å². The van der Waals surface area contributed by atoms with E-state index in [4.69, 9.17) is 14.2 Å². The minimum atomic E-state index is -4.46. The highest BCUT2D eigenvalue weighted by molar-refractivity contribution is 5.92. The summed E-state index contributed by atoms with van der Waals surface area (Å²) in [4.78, 5) is 12.8. The van der Waals surface area contributed by atoms with E-state index in [0.29, 0.717) is 47.4 Å². The van der Waals surface area contributed by atoms with Crippen LogP contribution in [-0.4, -0.2) is 43.1 Å². The molecule has 1 amide bonds. The Morgan fingerprint density at radius 3 is 2.50 bits per heavy atom. The number of rotatable bonds is 9. The van der Waals surface area contributed by atoms with E-state index in [1.807, 2.05) is 0 Å². The first-order valence-electron chi connectivity index (χ1n) is 10.5. The molecule has 2 aromatic carbocycles. The molecule has 1 heterocycles. The topological polar surface area (TPSA) is 74.6 Å². The van der Waals surface area contributed by atoms with E-state index in [1.165, 1.54) is 17.9 Å². The summed E-state index contributed by atoms with van der Waals surface area (Å²) in [6.07, 6.45) is -4.46. The van der Waals surface area contributed by atoms with Crippen LogP contribution >= 0.6 is 0 Å². The molecule has 0 atom stereocenters. The molecule has 0 spiro atoms. The minimum Gasteiger partial charge on any atom is -0.493 e. The normalized spacial score (nSPS) is 11.4. The highest BCUT2D eigenvalue weighted by Gasteiger charge is 2.30. The maximum atomic E-state index is 13.1. The highest BCUT2D eigenvalue weighted by Crippen LogP contribution is 2.32. The molecule has 3 rings (SSSR count). The Morgan fingerprint density at radius 2 is 1.82 bits per heavy atom. The summed E-state index contributed by atoms with van der Waals surface area (Å²) in [5.74, 6) is 0.674. The van der Waals surface area contributed by atoms with Crippen molar-refractivity contribution in [2.75, 3.05) is 32.8 Å².